The predicted molar refractivity (Wildman–Crippen MR) is 102 cm³/mol. The Morgan fingerprint density at radius 1 is 1.30 bits per heavy atom. The van der Waals surface area contributed by atoms with Gasteiger partial charge < -0.3 is 24.7 Å². The van der Waals surface area contributed by atoms with Crippen LogP contribution in [0.25, 0.3) is 22.3 Å². The number of imidazole rings is 1. The third-order valence-electron chi connectivity index (χ3n) is 4.06. The second-order valence-electron chi connectivity index (χ2n) is 6.28. The summed E-state index contributed by atoms with van der Waals surface area (Å²) < 4.78 is 12.5. The Kier molecular flexibility index (Phi) is 5.22. The van der Waals surface area contributed by atoms with Crippen molar-refractivity contribution in [3.63, 3.8) is 0 Å². The van der Waals surface area contributed by atoms with Crippen LogP contribution in [0.15, 0.2) is 24.5 Å². The molecule has 9 nitrogen and oxygen atoms in total. The molecule has 0 amide bonds. The van der Waals surface area contributed by atoms with Crippen LogP contribution in [0.4, 0.5) is 5.82 Å². The average molecular weight is 370 g/mol. The quantitative estimate of drug-likeness (QED) is 0.648. The van der Waals surface area contributed by atoms with Gasteiger partial charge >= 0.3 is 5.97 Å². The molecule has 0 aliphatic heterocycles. The normalized spacial score (nSPS) is 11.1. The molecule has 3 aromatic rings. The number of methoxy groups -OCH3 is 1. The second-order valence-corrected chi connectivity index (χ2v) is 6.28. The molecule has 0 radical (unpaired) electrons. The summed E-state index contributed by atoms with van der Waals surface area (Å²) >= 11 is 0. The lowest BCUT2D eigenvalue weighted by molar-refractivity contribution is 0.0595. The van der Waals surface area contributed by atoms with E-state index in [-0.39, 0.29) is 17.4 Å². The Morgan fingerprint density at radius 3 is 2.78 bits per heavy atom. The fourth-order valence-corrected chi connectivity index (χ4v) is 2.63. The molecule has 3 rings (SSSR count). The van der Waals surface area contributed by atoms with E-state index in [4.69, 9.17) is 15.2 Å². The van der Waals surface area contributed by atoms with Gasteiger partial charge in [0.25, 0.3) is 0 Å². The number of carbonyl (C=O) groups excluding carboxylic acids is 1. The number of likely N-dealkylation sites (N-methyl/N-ethyl adjacent to an activating group) is 1. The van der Waals surface area contributed by atoms with E-state index in [2.05, 4.69) is 15.0 Å². The number of rotatable bonds is 6. The van der Waals surface area contributed by atoms with Crippen LogP contribution in [0.3, 0.4) is 0 Å². The van der Waals surface area contributed by atoms with E-state index in [0.717, 1.165) is 11.0 Å². The number of hydrogen-bond acceptors (Lipinski definition) is 8. The zero-order chi connectivity index (χ0) is 19.6. The van der Waals surface area contributed by atoms with Gasteiger partial charge in [-0.2, -0.15) is 4.98 Å². The van der Waals surface area contributed by atoms with Crippen molar-refractivity contribution in [2.24, 2.45) is 7.05 Å². The first-order chi connectivity index (χ1) is 12.9. The summed E-state index contributed by atoms with van der Waals surface area (Å²) in [5, 5.41) is 0. The molecule has 0 fully saturated rings. The molecular formula is C18H22N6O3. The molecule has 0 unspecified atom stereocenters. The molecule has 0 bridgehead atoms. The molecule has 9 heteroatoms. The van der Waals surface area contributed by atoms with Gasteiger partial charge in [0.1, 0.15) is 12.3 Å². The van der Waals surface area contributed by atoms with E-state index in [9.17, 15) is 4.79 Å². The summed E-state index contributed by atoms with van der Waals surface area (Å²) in [6.45, 7) is 1.08. The van der Waals surface area contributed by atoms with Gasteiger partial charge in [0.15, 0.2) is 11.5 Å². The minimum Gasteiger partial charge on any atom is -0.475 e. The Balaban J connectivity index is 2.16. The number of carbonyl (C=O) groups is 1. The highest BCUT2D eigenvalue weighted by Crippen LogP contribution is 2.33. The Labute approximate surface area is 156 Å². The molecule has 1 aromatic carbocycles. The summed E-state index contributed by atoms with van der Waals surface area (Å²) in [7, 11) is 7.06. The number of benzene rings is 1. The predicted octanol–water partition coefficient (Wildman–Crippen LogP) is 1.34. The number of fused-ring (bicyclic) bond motifs is 1. The van der Waals surface area contributed by atoms with Crippen molar-refractivity contribution < 1.29 is 14.3 Å². The standard InChI is InChI=1S/C18H22N6O3/c1-23(2)8-9-27-17-14(21-15(16(19)22-17)18(25)26-4)11-6-5-7-12-13(11)20-10-24(12)3/h5-7,10H,8-9H2,1-4H3,(H2,19,22). The first kappa shape index (κ1) is 18.6. The van der Waals surface area contributed by atoms with Crippen LogP contribution in [0.1, 0.15) is 10.5 Å². The maximum absolute atomic E-state index is 12.0. The molecule has 0 saturated carbocycles. The molecular weight excluding hydrogens is 348 g/mol. The molecule has 0 aliphatic carbocycles. The van der Waals surface area contributed by atoms with E-state index < -0.39 is 5.97 Å². The number of hydrogen-bond donors (Lipinski definition) is 1. The van der Waals surface area contributed by atoms with Crippen molar-refractivity contribution >= 4 is 22.8 Å². The molecule has 142 valence electrons. The largest absolute Gasteiger partial charge is 0.475 e. The third kappa shape index (κ3) is 3.68. The molecule has 2 heterocycles. The van der Waals surface area contributed by atoms with E-state index in [0.29, 0.717) is 24.4 Å². The van der Waals surface area contributed by atoms with Crippen LogP contribution in [-0.4, -0.2) is 64.7 Å². The topological polar surface area (TPSA) is 108 Å². The second kappa shape index (κ2) is 7.58. The number of nitrogen functional groups attached to an aromatic ring is 1. The minimum atomic E-state index is -0.658. The van der Waals surface area contributed by atoms with Crippen LogP contribution in [0.2, 0.25) is 0 Å². The van der Waals surface area contributed by atoms with E-state index in [1.807, 2.05) is 48.8 Å². The van der Waals surface area contributed by atoms with Gasteiger partial charge in [-0.3, -0.25) is 0 Å². The van der Waals surface area contributed by atoms with Crippen molar-refractivity contribution in [3.8, 4) is 17.1 Å². The van der Waals surface area contributed by atoms with Gasteiger partial charge in [-0.05, 0) is 20.2 Å². The van der Waals surface area contributed by atoms with Gasteiger partial charge in [-0.25, -0.2) is 14.8 Å². The van der Waals surface area contributed by atoms with E-state index in [1.165, 1.54) is 7.11 Å². The number of aryl methyl sites for hydroxylation is 1. The van der Waals surface area contributed by atoms with Crippen molar-refractivity contribution in [2.45, 2.75) is 0 Å². The SMILES string of the molecule is COC(=O)c1nc(-c2cccc3c2ncn3C)c(OCCN(C)C)nc1N. The maximum Gasteiger partial charge on any atom is 0.360 e. The monoisotopic (exact) mass is 370 g/mol. The number of nitrogens with zero attached hydrogens (tertiary/aromatic N) is 5. The zero-order valence-corrected chi connectivity index (χ0v) is 15.8. The van der Waals surface area contributed by atoms with Crippen molar-refractivity contribution in [3.05, 3.63) is 30.2 Å². The van der Waals surface area contributed by atoms with Crippen LogP contribution < -0.4 is 10.5 Å². The number of anilines is 1. The molecule has 0 atom stereocenters. The van der Waals surface area contributed by atoms with E-state index in [1.54, 1.807) is 6.33 Å². The zero-order valence-electron chi connectivity index (χ0n) is 15.8. The first-order valence-corrected chi connectivity index (χ1v) is 8.36. The average Bonchev–Trinajstić information content (AvgIpc) is 3.02. The van der Waals surface area contributed by atoms with Crippen LogP contribution in [0, 0.1) is 0 Å². The summed E-state index contributed by atoms with van der Waals surface area (Å²) in [4.78, 5) is 27.1. The van der Waals surface area contributed by atoms with Crippen LogP contribution >= 0.6 is 0 Å². The lowest BCUT2D eigenvalue weighted by Crippen LogP contribution is -2.20. The smallest absolute Gasteiger partial charge is 0.360 e. The first-order valence-electron chi connectivity index (χ1n) is 8.36. The summed E-state index contributed by atoms with van der Waals surface area (Å²) in [5.41, 5.74) is 8.60. The Bertz CT molecular complexity index is 983. The van der Waals surface area contributed by atoms with Gasteiger partial charge in [0.2, 0.25) is 5.88 Å². The molecule has 0 spiro atoms. The van der Waals surface area contributed by atoms with Crippen molar-refractivity contribution in [1.82, 2.24) is 24.4 Å². The van der Waals surface area contributed by atoms with Gasteiger partial charge in [0.05, 0.1) is 24.5 Å². The van der Waals surface area contributed by atoms with Gasteiger partial charge in [-0.15, -0.1) is 0 Å². The lowest BCUT2D eigenvalue weighted by atomic mass is 10.1. The van der Waals surface area contributed by atoms with Crippen molar-refractivity contribution in [2.75, 3.05) is 40.1 Å². The maximum atomic E-state index is 12.0. The highest BCUT2D eigenvalue weighted by Gasteiger charge is 2.22. The minimum absolute atomic E-state index is 0.0429. The Morgan fingerprint density at radius 2 is 2.07 bits per heavy atom. The fourth-order valence-electron chi connectivity index (χ4n) is 2.63. The summed E-state index contributed by atoms with van der Waals surface area (Å²) in [5.74, 6) is -0.451. The third-order valence-corrected chi connectivity index (χ3v) is 4.06. The molecule has 0 aliphatic rings. The lowest BCUT2D eigenvalue weighted by Gasteiger charge is -2.15. The number of nitrogens with two attached hydrogens (primary N) is 1. The Hall–Kier alpha value is -3.20. The van der Waals surface area contributed by atoms with Crippen LogP contribution in [0.5, 0.6) is 5.88 Å². The molecule has 27 heavy (non-hydrogen) atoms. The highest BCUT2D eigenvalue weighted by molar-refractivity contribution is 5.96. The molecule has 0 saturated heterocycles. The number of aromatic nitrogens is 4. The number of esters is 1. The number of ether oxygens (including phenoxy) is 2. The van der Waals surface area contributed by atoms with Gasteiger partial charge in [0, 0.05) is 19.2 Å². The summed E-state index contributed by atoms with van der Waals surface area (Å²) in [6, 6.07) is 5.69. The van der Waals surface area contributed by atoms with E-state index >= 15 is 0 Å². The fraction of sp³-hybridized carbons (Fsp3) is 0.333. The molecule has 2 aromatic heterocycles. The van der Waals surface area contributed by atoms with Crippen molar-refractivity contribution in [1.29, 1.82) is 0 Å². The van der Waals surface area contributed by atoms with Crippen LogP contribution in [-0.2, 0) is 11.8 Å². The van der Waals surface area contributed by atoms with Gasteiger partial charge in [-0.1, -0.05) is 12.1 Å². The summed E-state index contributed by atoms with van der Waals surface area (Å²) in [6.07, 6.45) is 1.71. The highest BCUT2D eigenvalue weighted by atomic mass is 16.5. The number of para-hydroxylation sites is 1. The molecule has 2 N–H and O–H groups in total.